The Hall–Kier alpha value is -4.50. The van der Waals surface area contributed by atoms with Crippen molar-refractivity contribution in [2.24, 2.45) is 0 Å². The number of carboxylic acids is 1. The van der Waals surface area contributed by atoms with Gasteiger partial charge in [-0.25, -0.2) is 14.2 Å². The van der Waals surface area contributed by atoms with E-state index in [1.54, 1.807) is 11.7 Å². The number of rotatable bonds is 10. The summed E-state index contributed by atoms with van der Waals surface area (Å²) < 4.78 is 16.8. The Morgan fingerprint density at radius 1 is 1.12 bits per heavy atom. The fourth-order valence-electron chi connectivity index (χ4n) is 5.98. The number of fused-ring (bicyclic) bond motifs is 2. The van der Waals surface area contributed by atoms with E-state index in [-0.39, 0.29) is 17.4 Å². The van der Waals surface area contributed by atoms with Gasteiger partial charge in [0.15, 0.2) is 0 Å². The minimum atomic E-state index is -1.08. The van der Waals surface area contributed by atoms with Crippen LogP contribution in [0.3, 0.4) is 0 Å². The average molecular weight is 583 g/mol. The molecule has 0 bridgehead atoms. The summed E-state index contributed by atoms with van der Waals surface area (Å²) in [6, 6.07) is 10.9. The van der Waals surface area contributed by atoms with Crippen molar-refractivity contribution in [3.63, 3.8) is 0 Å². The molecule has 7 nitrogen and oxygen atoms in total. The standard InChI is InChI=1S/C33H31FN4O3S/c1-18(2)29-30(32(33(40)41)37-31(29)26-13-20(34)14-27-23(26)6-8-35-27)25-11-19(3)12-28-24(25)7-10-38(28)9-4-5-22(39)15-21-16-42-17-36-21/h6-8,10-14,16-18,35,37H,4-5,9,15H2,1-3H3,(H,40,41). The van der Waals surface area contributed by atoms with Gasteiger partial charge in [0.25, 0.3) is 0 Å². The van der Waals surface area contributed by atoms with Gasteiger partial charge in [-0.15, -0.1) is 11.3 Å². The third-order valence-electron chi connectivity index (χ3n) is 7.75. The van der Waals surface area contributed by atoms with Crippen LogP contribution in [0.4, 0.5) is 4.39 Å². The monoisotopic (exact) mass is 582 g/mol. The smallest absolute Gasteiger partial charge is 0.352 e. The summed E-state index contributed by atoms with van der Waals surface area (Å²) in [5.41, 5.74) is 8.72. The summed E-state index contributed by atoms with van der Waals surface area (Å²) in [5.74, 6) is -1.37. The number of ketones is 1. The third kappa shape index (κ3) is 5.05. The maximum absolute atomic E-state index is 14.7. The number of Topliss-reactive ketones (excluding diaryl/α,β-unsaturated/α-hetero) is 1. The molecule has 0 amide bonds. The van der Waals surface area contributed by atoms with Crippen LogP contribution in [-0.2, 0) is 17.8 Å². The quantitative estimate of drug-likeness (QED) is 0.152. The Bertz CT molecular complexity index is 1950. The zero-order valence-electron chi connectivity index (χ0n) is 23.6. The summed E-state index contributed by atoms with van der Waals surface area (Å²) in [4.78, 5) is 35.6. The lowest BCUT2D eigenvalue weighted by atomic mass is 9.88. The molecule has 9 heteroatoms. The van der Waals surface area contributed by atoms with E-state index in [1.807, 2.05) is 50.5 Å². The summed E-state index contributed by atoms with van der Waals surface area (Å²) in [6.45, 7) is 6.70. The molecule has 6 aromatic rings. The molecule has 0 unspecified atom stereocenters. The van der Waals surface area contributed by atoms with Gasteiger partial charge < -0.3 is 19.6 Å². The summed E-state index contributed by atoms with van der Waals surface area (Å²) in [5, 5.41) is 14.0. The Labute approximate surface area is 246 Å². The number of hydrogen-bond acceptors (Lipinski definition) is 4. The molecule has 0 saturated heterocycles. The summed E-state index contributed by atoms with van der Waals surface area (Å²) >= 11 is 1.49. The maximum Gasteiger partial charge on any atom is 0.352 e. The molecule has 0 radical (unpaired) electrons. The number of H-pyrrole nitrogens is 2. The fraction of sp³-hybridized carbons (Fsp3) is 0.242. The van der Waals surface area contributed by atoms with E-state index in [0.717, 1.165) is 38.7 Å². The molecule has 3 N–H and O–H groups in total. The highest BCUT2D eigenvalue weighted by Gasteiger charge is 2.28. The molecule has 6 rings (SSSR count). The summed E-state index contributed by atoms with van der Waals surface area (Å²) in [6.07, 6.45) is 5.25. The van der Waals surface area contributed by atoms with Crippen molar-refractivity contribution in [2.75, 3.05) is 0 Å². The molecule has 0 aliphatic carbocycles. The van der Waals surface area contributed by atoms with Crippen LogP contribution in [0, 0.1) is 12.7 Å². The predicted octanol–water partition coefficient (Wildman–Crippen LogP) is 8.10. The first-order valence-corrected chi connectivity index (χ1v) is 14.9. The van der Waals surface area contributed by atoms with Crippen molar-refractivity contribution < 1.29 is 19.1 Å². The lowest BCUT2D eigenvalue weighted by molar-refractivity contribution is -0.118. The molecule has 0 aliphatic rings. The van der Waals surface area contributed by atoms with E-state index < -0.39 is 11.8 Å². The first-order chi connectivity index (χ1) is 20.2. The van der Waals surface area contributed by atoms with Gasteiger partial charge in [-0.2, -0.15) is 0 Å². The van der Waals surface area contributed by atoms with E-state index in [2.05, 4.69) is 25.6 Å². The van der Waals surface area contributed by atoms with E-state index in [4.69, 9.17) is 0 Å². The zero-order valence-corrected chi connectivity index (χ0v) is 24.4. The number of aromatic nitrogens is 4. The SMILES string of the molecule is Cc1cc(-c2c(C(=O)O)[nH]c(-c3cc(F)cc4[nH]ccc34)c2C(C)C)c2ccn(CCCC(=O)Cc3cscn3)c2c1. The molecular formula is C33H31FN4O3S. The van der Waals surface area contributed by atoms with Crippen LogP contribution in [0.1, 0.15) is 59.9 Å². The predicted molar refractivity (Wildman–Crippen MR) is 165 cm³/mol. The Morgan fingerprint density at radius 3 is 2.69 bits per heavy atom. The second kappa shape index (κ2) is 11.1. The van der Waals surface area contributed by atoms with Gasteiger partial charge in [-0.1, -0.05) is 19.9 Å². The number of thiazole rings is 1. The molecule has 0 spiro atoms. The normalized spacial score (nSPS) is 11.7. The van der Waals surface area contributed by atoms with Crippen LogP contribution in [0.15, 0.2) is 59.7 Å². The molecule has 0 fully saturated rings. The second-order valence-corrected chi connectivity index (χ2v) is 11.8. The van der Waals surface area contributed by atoms with Gasteiger partial charge in [0.05, 0.1) is 16.9 Å². The minimum absolute atomic E-state index is 0.0574. The van der Waals surface area contributed by atoms with Gasteiger partial charge in [-0.3, -0.25) is 4.79 Å². The van der Waals surface area contributed by atoms with Crippen LogP contribution in [-0.4, -0.2) is 36.4 Å². The molecule has 4 heterocycles. The number of carboxylic acid groups (broad SMARTS) is 1. The highest BCUT2D eigenvalue weighted by Crippen LogP contribution is 2.44. The highest BCUT2D eigenvalue weighted by atomic mass is 32.1. The van der Waals surface area contributed by atoms with Gasteiger partial charge in [-0.05, 0) is 66.3 Å². The van der Waals surface area contributed by atoms with E-state index in [0.29, 0.717) is 48.1 Å². The van der Waals surface area contributed by atoms with Crippen molar-refractivity contribution in [3.05, 3.63) is 88.0 Å². The number of aromatic carboxylic acids is 1. The number of aromatic amines is 2. The number of aryl methyl sites for hydroxylation is 2. The van der Waals surface area contributed by atoms with E-state index in [1.165, 1.54) is 23.5 Å². The van der Waals surface area contributed by atoms with Crippen molar-refractivity contribution in [3.8, 4) is 22.4 Å². The van der Waals surface area contributed by atoms with Crippen LogP contribution < -0.4 is 0 Å². The average Bonchev–Trinajstić information content (AvgIpc) is 3.74. The number of halogens is 1. The Balaban J connectivity index is 1.43. The summed E-state index contributed by atoms with van der Waals surface area (Å²) in [7, 11) is 0. The van der Waals surface area contributed by atoms with E-state index in [9.17, 15) is 19.1 Å². The van der Waals surface area contributed by atoms with Crippen molar-refractivity contribution in [1.29, 1.82) is 0 Å². The van der Waals surface area contributed by atoms with Crippen LogP contribution in [0.25, 0.3) is 44.2 Å². The van der Waals surface area contributed by atoms with Crippen molar-refractivity contribution >= 4 is 44.9 Å². The van der Waals surface area contributed by atoms with Gasteiger partial charge in [0, 0.05) is 70.1 Å². The molecule has 0 atom stereocenters. The number of carbonyl (C=O) groups excluding carboxylic acids is 1. The zero-order chi connectivity index (χ0) is 29.5. The minimum Gasteiger partial charge on any atom is -0.477 e. The Morgan fingerprint density at radius 2 is 1.95 bits per heavy atom. The Kier molecular flexibility index (Phi) is 7.28. The van der Waals surface area contributed by atoms with Crippen LogP contribution >= 0.6 is 11.3 Å². The largest absolute Gasteiger partial charge is 0.477 e. The topological polar surface area (TPSA) is 104 Å². The number of nitrogens with one attached hydrogen (secondary N) is 2. The van der Waals surface area contributed by atoms with E-state index >= 15 is 0 Å². The number of benzene rings is 2. The number of nitrogens with zero attached hydrogens (tertiary/aromatic N) is 2. The van der Waals surface area contributed by atoms with Gasteiger partial charge in [0.2, 0.25) is 0 Å². The first-order valence-electron chi connectivity index (χ1n) is 14.0. The second-order valence-electron chi connectivity index (χ2n) is 11.1. The molecule has 4 aromatic heterocycles. The fourth-order valence-corrected chi connectivity index (χ4v) is 6.54. The lowest BCUT2D eigenvalue weighted by Crippen LogP contribution is -2.05. The molecular weight excluding hydrogens is 551 g/mol. The lowest BCUT2D eigenvalue weighted by Gasteiger charge is -2.15. The number of hydrogen-bond donors (Lipinski definition) is 3. The third-order valence-corrected chi connectivity index (χ3v) is 8.39. The highest BCUT2D eigenvalue weighted by molar-refractivity contribution is 7.07. The van der Waals surface area contributed by atoms with Gasteiger partial charge in [0.1, 0.15) is 17.3 Å². The van der Waals surface area contributed by atoms with Crippen LogP contribution in [0.5, 0.6) is 0 Å². The first kappa shape index (κ1) is 27.7. The van der Waals surface area contributed by atoms with Crippen molar-refractivity contribution in [1.82, 2.24) is 19.5 Å². The molecule has 0 aliphatic heterocycles. The van der Waals surface area contributed by atoms with Gasteiger partial charge >= 0.3 is 5.97 Å². The van der Waals surface area contributed by atoms with Crippen LogP contribution in [0.2, 0.25) is 0 Å². The molecule has 2 aromatic carbocycles. The molecule has 0 saturated carbocycles. The molecule has 214 valence electrons. The van der Waals surface area contributed by atoms with Crippen molar-refractivity contribution in [2.45, 2.75) is 52.5 Å². The number of carbonyl (C=O) groups is 2. The maximum atomic E-state index is 14.7. The molecule has 42 heavy (non-hydrogen) atoms.